The number of rotatable bonds is 4. The van der Waals surface area contributed by atoms with Gasteiger partial charge in [-0.25, -0.2) is 0 Å². The maximum Gasteiger partial charge on any atom is 0.0831 e. The van der Waals surface area contributed by atoms with Crippen molar-refractivity contribution in [3.63, 3.8) is 0 Å². The molecule has 0 fully saturated rings. The van der Waals surface area contributed by atoms with Crippen LogP contribution >= 0.6 is 0 Å². The Morgan fingerprint density at radius 2 is 1.80 bits per heavy atom. The van der Waals surface area contributed by atoms with E-state index in [9.17, 15) is 9.47 Å². The molecule has 2 aromatic carbocycles. The third-order valence-corrected chi connectivity index (χ3v) is 4.83. The van der Waals surface area contributed by atoms with Crippen molar-refractivity contribution in [2.45, 2.75) is 24.7 Å². The number of aryl methyl sites for hydroxylation is 2. The van der Waals surface area contributed by atoms with E-state index >= 15 is 0 Å². The molecule has 0 aromatic heterocycles. The van der Waals surface area contributed by atoms with Gasteiger partial charge >= 0.3 is 0 Å². The Kier molecular flexibility index (Phi) is 4.70. The standard InChI is InChI=1S/C17H17NOS/c1-13-8-9-17(10-14(13)2)20(19)12-16(11-18)15-6-4-3-5-7-15/h3-10,16H,12H2,1-2H3. The first-order valence-corrected chi connectivity index (χ1v) is 7.84. The van der Waals surface area contributed by atoms with Gasteiger partial charge in [0.15, 0.2) is 0 Å². The van der Waals surface area contributed by atoms with E-state index in [1.165, 1.54) is 5.56 Å². The second-order valence-corrected chi connectivity index (χ2v) is 6.35. The van der Waals surface area contributed by atoms with Crippen molar-refractivity contribution in [1.82, 2.24) is 0 Å². The van der Waals surface area contributed by atoms with Gasteiger partial charge in [0.1, 0.15) is 0 Å². The average Bonchev–Trinajstić information content (AvgIpc) is 2.48. The molecule has 102 valence electrons. The lowest BCUT2D eigenvalue weighted by molar-refractivity contribution is 0.680. The molecule has 0 amide bonds. The Morgan fingerprint density at radius 3 is 2.40 bits per heavy atom. The Hall–Kier alpha value is -1.92. The molecule has 0 N–H and O–H groups in total. The van der Waals surface area contributed by atoms with E-state index in [-0.39, 0.29) is 5.92 Å². The van der Waals surface area contributed by atoms with E-state index in [0.717, 1.165) is 16.0 Å². The third-order valence-electron chi connectivity index (χ3n) is 3.42. The first-order chi connectivity index (χ1) is 9.61. The largest absolute Gasteiger partial charge is 0.254 e. The van der Waals surface area contributed by atoms with E-state index in [1.54, 1.807) is 0 Å². The van der Waals surface area contributed by atoms with Crippen molar-refractivity contribution in [1.29, 1.82) is 5.26 Å². The fourth-order valence-electron chi connectivity index (χ4n) is 2.00. The van der Waals surface area contributed by atoms with Crippen LogP contribution in [0.2, 0.25) is 0 Å². The zero-order valence-corrected chi connectivity index (χ0v) is 12.5. The molecule has 0 bridgehead atoms. The van der Waals surface area contributed by atoms with Gasteiger partial charge in [-0.3, -0.25) is 4.21 Å². The molecule has 3 heteroatoms. The highest BCUT2D eigenvalue weighted by molar-refractivity contribution is 7.85. The summed E-state index contributed by atoms with van der Waals surface area (Å²) in [6.07, 6.45) is 0. The van der Waals surface area contributed by atoms with Crippen molar-refractivity contribution < 1.29 is 4.21 Å². The maximum atomic E-state index is 12.4. The van der Waals surface area contributed by atoms with Crippen LogP contribution in [0.15, 0.2) is 53.4 Å². The highest BCUT2D eigenvalue weighted by atomic mass is 32.2. The fraction of sp³-hybridized carbons (Fsp3) is 0.235. The van der Waals surface area contributed by atoms with Gasteiger partial charge in [-0.05, 0) is 42.7 Å². The summed E-state index contributed by atoms with van der Waals surface area (Å²) >= 11 is 0. The van der Waals surface area contributed by atoms with Crippen molar-refractivity contribution in [3.05, 3.63) is 65.2 Å². The van der Waals surface area contributed by atoms with Gasteiger partial charge in [-0.1, -0.05) is 36.4 Å². The molecule has 0 heterocycles. The lowest BCUT2D eigenvalue weighted by atomic mass is 10.0. The topological polar surface area (TPSA) is 40.9 Å². The van der Waals surface area contributed by atoms with Crippen LogP contribution in [0.4, 0.5) is 0 Å². The summed E-state index contributed by atoms with van der Waals surface area (Å²) in [6.45, 7) is 4.04. The molecular formula is C17H17NOS. The van der Waals surface area contributed by atoms with Crippen LogP contribution in [0.3, 0.4) is 0 Å². The van der Waals surface area contributed by atoms with E-state index in [2.05, 4.69) is 6.07 Å². The van der Waals surface area contributed by atoms with Gasteiger partial charge < -0.3 is 0 Å². The number of benzene rings is 2. The first kappa shape index (κ1) is 14.5. The Morgan fingerprint density at radius 1 is 1.10 bits per heavy atom. The Labute approximate surface area is 122 Å². The van der Waals surface area contributed by atoms with Crippen LogP contribution in [0.25, 0.3) is 0 Å². The summed E-state index contributed by atoms with van der Waals surface area (Å²) in [7, 11) is -1.15. The summed E-state index contributed by atoms with van der Waals surface area (Å²) in [6, 6.07) is 17.6. The van der Waals surface area contributed by atoms with E-state index in [0.29, 0.717) is 5.75 Å². The van der Waals surface area contributed by atoms with Gasteiger partial charge in [-0.2, -0.15) is 5.26 Å². The number of hydrogen-bond donors (Lipinski definition) is 0. The van der Waals surface area contributed by atoms with Crippen molar-refractivity contribution in [3.8, 4) is 6.07 Å². The van der Waals surface area contributed by atoms with E-state index in [1.807, 2.05) is 62.4 Å². The first-order valence-electron chi connectivity index (χ1n) is 6.52. The molecule has 2 rings (SSSR count). The predicted octanol–water partition coefficient (Wildman–Crippen LogP) is 3.72. The molecule has 0 aliphatic rings. The number of hydrogen-bond acceptors (Lipinski definition) is 2. The molecule has 2 aromatic rings. The zero-order valence-electron chi connectivity index (χ0n) is 11.7. The van der Waals surface area contributed by atoms with Crippen LogP contribution in [-0.4, -0.2) is 9.96 Å². The van der Waals surface area contributed by atoms with Gasteiger partial charge in [-0.15, -0.1) is 0 Å². The number of nitriles is 1. The highest BCUT2D eigenvalue weighted by Crippen LogP contribution is 2.20. The minimum atomic E-state index is -1.15. The summed E-state index contributed by atoms with van der Waals surface area (Å²) in [5, 5.41) is 9.29. The van der Waals surface area contributed by atoms with Gasteiger partial charge in [0, 0.05) is 10.6 Å². The van der Waals surface area contributed by atoms with Crippen LogP contribution in [0.5, 0.6) is 0 Å². The minimum absolute atomic E-state index is 0.335. The van der Waals surface area contributed by atoms with Crippen molar-refractivity contribution >= 4 is 10.8 Å². The quantitative estimate of drug-likeness (QED) is 0.858. The third kappa shape index (κ3) is 3.34. The van der Waals surface area contributed by atoms with Crippen LogP contribution < -0.4 is 0 Å². The SMILES string of the molecule is Cc1ccc(S(=O)CC(C#N)c2ccccc2)cc1C. The lowest BCUT2D eigenvalue weighted by Crippen LogP contribution is -2.08. The molecule has 0 radical (unpaired) electrons. The molecule has 0 saturated heterocycles. The maximum absolute atomic E-state index is 12.4. The summed E-state index contributed by atoms with van der Waals surface area (Å²) in [5.41, 5.74) is 3.24. The zero-order chi connectivity index (χ0) is 14.5. The minimum Gasteiger partial charge on any atom is -0.254 e. The van der Waals surface area contributed by atoms with Crippen LogP contribution in [0.1, 0.15) is 22.6 Å². The van der Waals surface area contributed by atoms with Crippen molar-refractivity contribution in [2.24, 2.45) is 0 Å². The lowest BCUT2D eigenvalue weighted by Gasteiger charge is -2.10. The number of nitrogens with zero attached hydrogens (tertiary/aromatic N) is 1. The fourth-order valence-corrected chi connectivity index (χ4v) is 3.29. The molecule has 20 heavy (non-hydrogen) atoms. The van der Waals surface area contributed by atoms with Crippen LogP contribution in [-0.2, 0) is 10.8 Å². The summed E-state index contributed by atoms with van der Waals surface area (Å²) < 4.78 is 12.4. The molecule has 0 aliphatic heterocycles. The molecule has 2 atom stereocenters. The average molecular weight is 283 g/mol. The Bertz CT molecular complexity index is 658. The molecule has 2 nitrogen and oxygen atoms in total. The Balaban J connectivity index is 2.18. The molecule has 0 aliphatic carbocycles. The molecular weight excluding hydrogens is 266 g/mol. The van der Waals surface area contributed by atoms with E-state index < -0.39 is 10.8 Å². The van der Waals surface area contributed by atoms with Crippen LogP contribution in [0, 0.1) is 25.2 Å². The molecule has 2 unspecified atom stereocenters. The summed E-state index contributed by atoms with van der Waals surface area (Å²) in [4.78, 5) is 0.796. The van der Waals surface area contributed by atoms with Gasteiger partial charge in [0.2, 0.25) is 0 Å². The second kappa shape index (κ2) is 6.49. The summed E-state index contributed by atoms with van der Waals surface area (Å²) in [5.74, 6) is 0.00173. The normalized spacial score (nSPS) is 13.4. The van der Waals surface area contributed by atoms with Gasteiger partial charge in [0.25, 0.3) is 0 Å². The van der Waals surface area contributed by atoms with Crippen molar-refractivity contribution in [2.75, 3.05) is 5.75 Å². The molecule has 0 saturated carbocycles. The predicted molar refractivity (Wildman–Crippen MR) is 82.0 cm³/mol. The monoisotopic (exact) mass is 283 g/mol. The van der Waals surface area contributed by atoms with E-state index in [4.69, 9.17) is 0 Å². The smallest absolute Gasteiger partial charge is 0.0831 e. The van der Waals surface area contributed by atoms with Gasteiger partial charge in [0.05, 0.1) is 22.8 Å². The highest BCUT2D eigenvalue weighted by Gasteiger charge is 2.15. The second-order valence-electron chi connectivity index (χ2n) is 4.85. The molecule has 0 spiro atoms.